The predicted octanol–water partition coefficient (Wildman–Crippen LogP) is 3.12. The van der Waals surface area contributed by atoms with Crippen LogP contribution >= 0.6 is 22.7 Å². The summed E-state index contributed by atoms with van der Waals surface area (Å²) >= 11 is 2.63. The van der Waals surface area contributed by atoms with Gasteiger partial charge in [-0.3, -0.25) is 4.72 Å². The maximum atomic E-state index is 12.4. The average molecular weight is 346 g/mol. The van der Waals surface area contributed by atoms with Gasteiger partial charge in [0.15, 0.2) is 5.13 Å². The van der Waals surface area contributed by atoms with Crippen LogP contribution in [0.4, 0.5) is 5.13 Å². The Bertz CT molecular complexity index is 704. The highest BCUT2D eigenvalue weighted by Crippen LogP contribution is 2.28. The molecule has 2 N–H and O–H groups in total. The van der Waals surface area contributed by atoms with E-state index < -0.39 is 10.0 Å². The number of sulfonamides is 1. The molecule has 0 fully saturated rings. The minimum absolute atomic E-state index is 0.334. The number of nitrogens with zero attached hydrogens (tertiary/aromatic N) is 1. The summed E-state index contributed by atoms with van der Waals surface area (Å²) in [5.74, 6) is 0. The first-order chi connectivity index (χ1) is 9.92. The molecule has 0 saturated carbocycles. The van der Waals surface area contributed by atoms with Gasteiger partial charge >= 0.3 is 0 Å². The Labute approximate surface area is 133 Å². The summed E-state index contributed by atoms with van der Waals surface area (Å²) in [6.07, 6.45) is 2.71. The van der Waals surface area contributed by atoms with E-state index >= 15 is 0 Å². The van der Waals surface area contributed by atoms with Crippen LogP contribution < -0.4 is 10.0 Å². The Morgan fingerprint density at radius 1 is 1.29 bits per heavy atom. The van der Waals surface area contributed by atoms with E-state index in [2.05, 4.69) is 21.9 Å². The number of hydrogen-bond donors (Lipinski definition) is 2. The first-order valence-corrected chi connectivity index (χ1v) is 9.79. The summed E-state index contributed by atoms with van der Waals surface area (Å²) in [6.45, 7) is 7.56. The second kappa shape index (κ2) is 6.87. The van der Waals surface area contributed by atoms with Gasteiger partial charge in [-0.15, -0.1) is 22.7 Å². The molecule has 2 heterocycles. The number of thiophene rings is 1. The summed E-state index contributed by atoms with van der Waals surface area (Å²) in [7, 11) is -3.54. The Morgan fingerprint density at radius 2 is 2.05 bits per heavy atom. The van der Waals surface area contributed by atoms with Crippen molar-refractivity contribution in [1.82, 2.24) is 10.3 Å². The molecule has 21 heavy (non-hydrogen) atoms. The van der Waals surface area contributed by atoms with Crippen LogP contribution in [0.5, 0.6) is 0 Å². The van der Waals surface area contributed by atoms with Crippen LogP contribution in [0.25, 0.3) is 0 Å². The first kappa shape index (κ1) is 16.4. The third-order valence-corrected chi connectivity index (χ3v) is 6.83. The van der Waals surface area contributed by atoms with Crippen molar-refractivity contribution in [2.45, 2.75) is 37.9 Å². The van der Waals surface area contributed by atoms with Gasteiger partial charge in [0.25, 0.3) is 10.0 Å². The van der Waals surface area contributed by atoms with Crippen molar-refractivity contribution in [3.05, 3.63) is 27.6 Å². The highest BCUT2D eigenvalue weighted by Gasteiger charge is 2.20. The molecule has 2 aromatic rings. The zero-order valence-corrected chi connectivity index (χ0v) is 14.7. The van der Waals surface area contributed by atoms with Crippen LogP contribution in [-0.2, 0) is 16.6 Å². The summed E-state index contributed by atoms with van der Waals surface area (Å²) in [6, 6.07) is 1.72. The van der Waals surface area contributed by atoms with Crippen molar-refractivity contribution in [2.75, 3.05) is 11.3 Å². The van der Waals surface area contributed by atoms with E-state index in [1.807, 2.05) is 13.8 Å². The van der Waals surface area contributed by atoms with E-state index in [-0.39, 0.29) is 0 Å². The van der Waals surface area contributed by atoms with Crippen LogP contribution in [-0.4, -0.2) is 19.9 Å². The lowest BCUT2D eigenvalue weighted by atomic mass is 10.3. The molecular weight excluding hydrogens is 326 g/mol. The van der Waals surface area contributed by atoms with Crippen LogP contribution in [0.2, 0.25) is 0 Å². The van der Waals surface area contributed by atoms with Crippen molar-refractivity contribution in [3.63, 3.8) is 0 Å². The van der Waals surface area contributed by atoms with Crippen molar-refractivity contribution >= 4 is 37.8 Å². The summed E-state index contributed by atoms with van der Waals surface area (Å²) in [5, 5.41) is 3.70. The summed E-state index contributed by atoms with van der Waals surface area (Å²) < 4.78 is 27.6. The number of thiazole rings is 1. The molecule has 2 rings (SSSR count). The summed E-state index contributed by atoms with van der Waals surface area (Å²) in [5.41, 5.74) is 0.999. The van der Waals surface area contributed by atoms with Gasteiger partial charge in [0, 0.05) is 22.5 Å². The quantitative estimate of drug-likeness (QED) is 0.756. The van der Waals surface area contributed by atoms with Crippen LogP contribution in [0.15, 0.2) is 16.5 Å². The fourth-order valence-corrected chi connectivity index (χ4v) is 5.21. The molecule has 0 atom stereocenters. The predicted molar refractivity (Wildman–Crippen MR) is 88.7 cm³/mol. The highest BCUT2D eigenvalue weighted by atomic mass is 32.2. The molecule has 2 aromatic heterocycles. The van der Waals surface area contributed by atoms with E-state index in [1.165, 1.54) is 22.7 Å². The van der Waals surface area contributed by atoms with Gasteiger partial charge in [-0.2, -0.15) is 0 Å². The number of aromatic nitrogens is 1. The molecule has 0 aliphatic heterocycles. The number of aryl methyl sites for hydroxylation is 2. The van der Waals surface area contributed by atoms with Crippen LogP contribution in [0, 0.1) is 13.8 Å². The van der Waals surface area contributed by atoms with Gasteiger partial charge in [-0.25, -0.2) is 13.4 Å². The molecule has 0 amide bonds. The van der Waals surface area contributed by atoms with Crippen LogP contribution in [0.1, 0.15) is 28.7 Å². The zero-order valence-electron chi connectivity index (χ0n) is 12.3. The minimum Gasteiger partial charge on any atom is -0.312 e. The van der Waals surface area contributed by atoms with Gasteiger partial charge in [-0.1, -0.05) is 6.92 Å². The SMILES string of the molecule is CCCNCc1sc(S(=O)(=O)Nc2ncc(C)s2)cc1C. The fourth-order valence-electron chi connectivity index (χ4n) is 1.74. The number of anilines is 1. The third kappa shape index (κ3) is 4.26. The number of rotatable bonds is 7. The van der Waals surface area contributed by atoms with Crippen molar-refractivity contribution in [1.29, 1.82) is 0 Å². The molecule has 116 valence electrons. The van der Waals surface area contributed by atoms with Gasteiger partial charge in [0.1, 0.15) is 4.21 Å². The topological polar surface area (TPSA) is 71.1 Å². The molecule has 0 aromatic carbocycles. The number of nitrogens with one attached hydrogen (secondary N) is 2. The van der Waals surface area contributed by atoms with Gasteiger partial charge < -0.3 is 5.32 Å². The maximum Gasteiger partial charge on any atom is 0.273 e. The lowest BCUT2D eigenvalue weighted by molar-refractivity contribution is 0.603. The number of hydrogen-bond acceptors (Lipinski definition) is 6. The van der Waals surface area contributed by atoms with Crippen molar-refractivity contribution < 1.29 is 8.42 Å². The lowest BCUT2D eigenvalue weighted by Crippen LogP contribution is -2.13. The Kier molecular flexibility index (Phi) is 5.37. The Morgan fingerprint density at radius 3 is 2.67 bits per heavy atom. The smallest absolute Gasteiger partial charge is 0.273 e. The standard InChI is InChI=1S/C13H19N3O2S3/c1-4-5-14-8-11-9(2)6-12(20-11)21(17,18)16-13-15-7-10(3)19-13/h6-7,14H,4-5,8H2,1-3H3,(H,15,16). The molecule has 0 bridgehead atoms. The van der Waals surface area contributed by atoms with Crippen molar-refractivity contribution in [3.8, 4) is 0 Å². The normalized spacial score (nSPS) is 11.8. The molecule has 0 aliphatic carbocycles. The second-order valence-corrected chi connectivity index (χ2v) is 9.01. The largest absolute Gasteiger partial charge is 0.312 e. The van der Waals surface area contributed by atoms with E-state index in [0.717, 1.165) is 28.3 Å². The van der Waals surface area contributed by atoms with E-state index in [4.69, 9.17) is 0 Å². The molecule has 0 saturated heterocycles. The first-order valence-electron chi connectivity index (χ1n) is 6.67. The summed E-state index contributed by atoms with van der Waals surface area (Å²) in [4.78, 5) is 6.06. The molecule has 5 nitrogen and oxygen atoms in total. The molecule has 8 heteroatoms. The monoisotopic (exact) mass is 345 g/mol. The maximum absolute atomic E-state index is 12.4. The third-order valence-electron chi connectivity index (χ3n) is 2.82. The van der Waals surface area contributed by atoms with Gasteiger partial charge in [0.05, 0.1) is 0 Å². The zero-order chi connectivity index (χ0) is 15.5. The van der Waals surface area contributed by atoms with Crippen LogP contribution in [0.3, 0.4) is 0 Å². The molecule has 0 radical (unpaired) electrons. The van der Waals surface area contributed by atoms with E-state index in [0.29, 0.717) is 15.9 Å². The molecular formula is C13H19N3O2S3. The van der Waals surface area contributed by atoms with Crippen molar-refractivity contribution in [2.24, 2.45) is 0 Å². The molecule has 0 unspecified atom stereocenters. The highest BCUT2D eigenvalue weighted by molar-refractivity contribution is 7.94. The molecule has 0 aliphatic rings. The second-order valence-electron chi connectivity index (χ2n) is 4.73. The van der Waals surface area contributed by atoms with E-state index in [9.17, 15) is 8.42 Å². The van der Waals surface area contributed by atoms with E-state index in [1.54, 1.807) is 12.3 Å². The average Bonchev–Trinajstić information content (AvgIpc) is 2.97. The minimum atomic E-state index is -3.54. The fraction of sp³-hybridized carbons (Fsp3) is 0.462. The molecule has 0 spiro atoms. The Hall–Kier alpha value is -0.960. The Balaban J connectivity index is 2.14. The lowest BCUT2D eigenvalue weighted by Gasteiger charge is -2.02. The van der Waals surface area contributed by atoms with Gasteiger partial charge in [0.2, 0.25) is 0 Å². The van der Waals surface area contributed by atoms with Gasteiger partial charge in [-0.05, 0) is 38.4 Å².